The number of benzene rings is 1. The predicted molar refractivity (Wildman–Crippen MR) is 78.8 cm³/mol. The van der Waals surface area contributed by atoms with Crippen LogP contribution in [-0.2, 0) is 4.74 Å². The van der Waals surface area contributed by atoms with Crippen molar-refractivity contribution < 1.29 is 4.74 Å². The number of likely N-dealkylation sites (N-methyl/N-ethyl adjacent to an activating group) is 1. The maximum atomic E-state index is 6.37. The van der Waals surface area contributed by atoms with Gasteiger partial charge in [0.05, 0.1) is 17.7 Å². The van der Waals surface area contributed by atoms with Crippen molar-refractivity contribution >= 4 is 27.5 Å². The number of rotatable bonds is 4. The number of hydrogen-bond acceptors (Lipinski definition) is 2. The molecule has 0 aromatic heterocycles. The van der Waals surface area contributed by atoms with Gasteiger partial charge in [-0.15, -0.1) is 0 Å². The van der Waals surface area contributed by atoms with Crippen LogP contribution in [0.3, 0.4) is 0 Å². The Labute approximate surface area is 121 Å². The number of nitrogens with one attached hydrogen (secondary N) is 1. The topological polar surface area (TPSA) is 21.3 Å². The van der Waals surface area contributed by atoms with Crippen LogP contribution in [0.1, 0.15) is 31.4 Å². The summed E-state index contributed by atoms with van der Waals surface area (Å²) in [6, 6.07) is 6.03. The van der Waals surface area contributed by atoms with E-state index in [0.717, 1.165) is 46.8 Å². The molecule has 1 aliphatic heterocycles. The van der Waals surface area contributed by atoms with Crippen LogP contribution >= 0.6 is 27.5 Å². The molecule has 0 radical (unpaired) electrons. The summed E-state index contributed by atoms with van der Waals surface area (Å²) in [7, 11) is 0. The first-order valence-electron chi connectivity index (χ1n) is 6.24. The molecular formula is C14H17BrClNO. The van der Waals surface area contributed by atoms with E-state index in [1.54, 1.807) is 0 Å². The van der Waals surface area contributed by atoms with E-state index in [-0.39, 0.29) is 6.04 Å². The molecule has 1 aromatic rings. The molecule has 1 aliphatic rings. The molecule has 0 spiro atoms. The summed E-state index contributed by atoms with van der Waals surface area (Å²) in [6.45, 7) is 3.75. The first-order chi connectivity index (χ1) is 8.74. The molecule has 0 saturated heterocycles. The molecule has 18 heavy (non-hydrogen) atoms. The van der Waals surface area contributed by atoms with Crippen LogP contribution in [0, 0.1) is 0 Å². The summed E-state index contributed by atoms with van der Waals surface area (Å²) < 4.78 is 6.68. The second kappa shape index (κ2) is 6.60. The van der Waals surface area contributed by atoms with E-state index < -0.39 is 0 Å². The highest BCUT2D eigenvalue weighted by atomic mass is 79.9. The van der Waals surface area contributed by atoms with E-state index in [2.05, 4.69) is 34.2 Å². The maximum absolute atomic E-state index is 6.37. The first kappa shape index (κ1) is 13.9. The van der Waals surface area contributed by atoms with Gasteiger partial charge in [0.15, 0.2) is 0 Å². The summed E-state index contributed by atoms with van der Waals surface area (Å²) in [5, 5.41) is 4.19. The Bertz CT molecular complexity index is 447. The lowest BCUT2D eigenvalue weighted by molar-refractivity contribution is 0.168. The molecule has 2 nitrogen and oxygen atoms in total. The Morgan fingerprint density at radius 2 is 2.33 bits per heavy atom. The highest BCUT2D eigenvalue weighted by molar-refractivity contribution is 9.10. The summed E-state index contributed by atoms with van der Waals surface area (Å²) >= 11 is 9.84. The van der Waals surface area contributed by atoms with E-state index in [4.69, 9.17) is 16.3 Å². The van der Waals surface area contributed by atoms with Gasteiger partial charge in [0.2, 0.25) is 0 Å². The molecule has 0 fully saturated rings. The van der Waals surface area contributed by atoms with Crippen molar-refractivity contribution in [2.24, 2.45) is 0 Å². The monoisotopic (exact) mass is 329 g/mol. The molecule has 0 bridgehead atoms. The second-order valence-electron chi connectivity index (χ2n) is 4.23. The molecule has 0 aliphatic carbocycles. The second-order valence-corrected chi connectivity index (χ2v) is 5.46. The lowest BCUT2D eigenvalue weighted by Crippen LogP contribution is -2.25. The lowest BCUT2D eigenvalue weighted by atomic mass is 10.0. The quantitative estimate of drug-likeness (QED) is 0.881. The summed E-state index contributed by atoms with van der Waals surface area (Å²) in [6.07, 6.45) is 4.32. The largest absolute Gasteiger partial charge is 0.496 e. The molecule has 1 heterocycles. The Morgan fingerprint density at radius 3 is 3.00 bits per heavy atom. The van der Waals surface area contributed by atoms with Gasteiger partial charge in [0.1, 0.15) is 5.76 Å². The fraction of sp³-hybridized carbons (Fsp3) is 0.429. The highest BCUT2D eigenvalue weighted by Gasteiger charge is 2.22. The van der Waals surface area contributed by atoms with Crippen LogP contribution in [0.15, 0.2) is 34.5 Å². The maximum Gasteiger partial charge on any atom is 0.113 e. The standard InChI is InChI=1S/C14H17BrClNO/c1-2-17-14(12-8-3-4-9-18-12)10-6-5-7-11(15)13(10)16/h5-8,14,17H,2-4,9H2,1H3. The molecule has 4 heteroatoms. The number of allylic oxidation sites excluding steroid dienone is 1. The van der Waals surface area contributed by atoms with Gasteiger partial charge >= 0.3 is 0 Å². The van der Waals surface area contributed by atoms with E-state index in [1.165, 1.54) is 0 Å². The smallest absolute Gasteiger partial charge is 0.113 e. The molecule has 1 atom stereocenters. The van der Waals surface area contributed by atoms with E-state index in [0.29, 0.717) is 0 Å². The van der Waals surface area contributed by atoms with Gasteiger partial charge in [0, 0.05) is 4.47 Å². The summed E-state index contributed by atoms with van der Waals surface area (Å²) in [5.74, 6) is 0.989. The zero-order valence-corrected chi connectivity index (χ0v) is 12.7. The predicted octanol–water partition coefficient (Wildman–Crippen LogP) is 4.45. The summed E-state index contributed by atoms with van der Waals surface area (Å²) in [4.78, 5) is 0. The number of ether oxygens (including phenoxy) is 1. The van der Waals surface area contributed by atoms with Crippen LogP contribution in [0.5, 0.6) is 0 Å². The van der Waals surface area contributed by atoms with Crippen LogP contribution in [0.2, 0.25) is 5.02 Å². The number of hydrogen-bond donors (Lipinski definition) is 1. The molecule has 1 aromatic carbocycles. The third-order valence-electron chi connectivity index (χ3n) is 2.95. The van der Waals surface area contributed by atoms with Gasteiger partial charge < -0.3 is 10.1 Å². The minimum Gasteiger partial charge on any atom is -0.496 e. The third-order valence-corrected chi connectivity index (χ3v) is 4.26. The zero-order chi connectivity index (χ0) is 13.0. The van der Waals surface area contributed by atoms with Gasteiger partial charge in [-0.1, -0.05) is 30.7 Å². The Morgan fingerprint density at radius 1 is 1.50 bits per heavy atom. The summed E-state index contributed by atoms with van der Waals surface area (Å²) in [5.41, 5.74) is 1.06. The van der Waals surface area contributed by atoms with Crippen LogP contribution in [-0.4, -0.2) is 13.2 Å². The third kappa shape index (κ3) is 3.08. The molecule has 98 valence electrons. The van der Waals surface area contributed by atoms with Gasteiger partial charge in [-0.2, -0.15) is 0 Å². The van der Waals surface area contributed by atoms with Crippen LogP contribution < -0.4 is 5.32 Å². The minimum atomic E-state index is 0.0419. The SMILES string of the molecule is CCNC(C1=CCCCO1)c1cccc(Br)c1Cl. The van der Waals surface area contributed by atoms with Gasteiger partial charge in [-0.25, -0.2) is 0 Å². The Balaban J connectivity index is 2.34. The van der Waals surface area contributed by atoms with Crippen molar-refractivity contribution in [2.75, 3.05) is 13.2 Å². The van der Waals surface area contributed by atoms with Gasteiger partial charge in [-0.05, 0) is 53.0 Å². The van der Waals surface area contributed by atoms with Gasteiger partial charge in [-0.3, -0.25) is 0 Å². The molecule has 0 saturated carbocycles. The van der Waals surface area contributed by atoms with Gasteiger partial charge in [0.25, 0.3) is 0 Å². The van der Waals surface area contributed by atoms with Crippen molar-refractivity contribution in [1.29, 1.82) is 0 Å². The van der Waals surface area contributed by atoms with Crippen molar-refractivity contribution in [3.8, 4) is 0 Å². The van der Waals surface area contributed by atoms with Crippen LogP contribution in [0.25, 0.3) is 0 Å². The highest BCUT2D eigenvalue weighted by Crippen LogP contribution is 2.34. The first-order valence-corrected chi connectivity index (χ1v) is 7.41. The fourth-order valence-corrected chi connectivity index (χ4v) is 2.71. The van der Waals surface area contributed by atoms with Crippen molar-refractivity contribution in [2.45, 2.75) is 25.8 Å². The Hall–Kier alpha value is -0.510. The van der Waals surface area contributed by atoms with Crippen LogP contribution in [0.4, 0.5) is 0 Å². The molecule has 1 unspecified atom stereocenters. The average Bonchev–Trinajstić information content (AvgIpc) is 2.41. The molecular weight excluding hydrogens is 314 g/mol. The van der Waals surface area contributed by atoms with E-state index in [1.807, 2.05) is 18.2 Å². The zero-order valence-electron chi connectivity index (χ0n) is 10.4. The molecule has 0 amide bonds. The van der Waals surface area contributed by atoms with E-state index >= 15 is 0 Å². The van der Waals surface area contributed by atoms with Crippen molar-refractivity contribution in [3.05, 3.63) is 45.1 Å². The molecule has 1 N–H and O–H groups in total. The molecule has 2 rings (SSSR count). The average molecular weight is 331 g/mol. The normalized spacial score (nSPS) is 16.9. The minimum absolute atomic E-state index is 0.0419. The fourth-order valence-electron chi connectivity index (χ4n) is 2.09. The number of halogens is 2. The van der Waals surface area contributed by atoms with E-state index in [9.17, 15) is 0 Å². The van der Waals surface area contributed by atoms with Crippen molar-refractivity contribution in [3.63, 3.8) is 0 Å². The Kier molecular flexibility index (Phi) is 5.10. The van der Waals surface area contributed by atoms with Crippen molar-refractivity contribution in [1.82, 2.24) is 5.32 Å². The lowest BCUT2D eigenvalue weighted by Gasteiger charge is -2.25.